The van der Waals surface area contributed by atoms with Crippen LogP contribution in [0.25, 0.3) is 0 Å². The third-order valence-electron chi connectivity index (χ3n) is 0.649. The number of ether oxygens (including phenoxy) is 1. The summed E-state index contributed by atoms with van der Waals surface area (Å²) in [5.41, 5.74) is 9.57. The fourth-order valence-electron chi connectivity index (χ4n) is 0.420. The van der Waals surface area contributed by atoms with E-state index in [1.165, 1.54) is 6.92 Å². The Kier molecular flexibility index (Phi) is 3.03. The fourth-order valence-corrected chi connectivity index (χ4v) is 0.420. The van der Waals surface area contributed by atoms with Crippen LogP contribution in [-0.2, 0) is 4.74 Å². The standard InChI is InChI=1S/C4H10N4O2/c1-2(8-4(7)9)10-3(5)6/h2H,1H3,(H3,5,6)(H3,7,8,9). The fraction of sp³-hybridized carbons (Fsp3) is 0.500. The van der Waals surface area contributed by atoms with E-state index in [-0.39, 0.29) is 0 Å². The second-order valence-corrected chi connectivity index (χ2v) is 1.63. The monoisotopic (exact) mass is 146 g/mol. The summed E-state index contributed by atoms with van der Waals surface area (Å²) < 4.78 is 4.51. The summed E-state index contributed by atoms with van der Waals surface area (Å²) in [5.74, 6) is 0. The van der Waals surface area contributed by atoms with Gasteiger partial charge in [-0.05, 0) is 6.92 Å². The highest BCUT2D eigenvalue weighted by Crippen LogP contribution is 1.81. The highest BCUT2D eigenvalue weighted by atomic mass is 16.5. The van der Waals surface area contributed by atoms with Crippen molar-refractivity contribution in [1.82, 2.24) is 5.32 Å². The number of rotatable bonds is 2. The lowest BCUT2D eigenvalue weighted by atomic mass is 10.6. The third kappa shape index (κ3) is 4.69. The van der Waals surface area contributed by atoms with Crippen molar-refractivity contribution in [2.45, 2.75) is 13.2 Å². The molecule has 0 saturated heterocycles. The normalized spacial score (nSPS) is 11.7. The first-order valence-electron chi connectivity index (χ1n) is 2.59. The van der Waals surface area contributed by atoms with Crippen molar-refractivity contribution in [2.24, 2.45) is 11.5 Å². The molecule has 0 radical (unpaired) electrons. The number of urea groups is 1. The second-order valence-electron chi connectivity index (χ2n) is 1.63. The lowest BCUT2D eigenvalue weighted by Crippen LogP contribution is -2.40. The summed E-state index contributed by atoms with van der Waals surface area (Å²) in [7, 11) is 0. The van der Waals surface area contributed by atoms with Gasteiger partial charge in [0, 0.05) is 0 Å². The molecule has 1 unspecified atom stereocenters. The smallest absolute Gasteiger partial charge is 0.314 e. The molecule has 0 saturated carbocycles. The van der Waals surface area contributed by atoms with Crippen LogP contribution in [0.15, 0.2) is 0 Å². The van der Waals surface area contributed by atoms with Crippen LogP contribution >= 0.6 is 0 Å². The minimum absolute atomic E-state index is 0.457. The summed E-state index contributed by atoms with van der Waals surface area (Å²) in [6.07, 6.45) is -0.657. The molecule has 58 valence electrons. The summed E-state index contributed by atoms with van der Waals surface area (Å²) in [4.78, 5) is 10.1. The van der Waals surface area contributed by atoms with E-state index in [9.17, 15) is 4.79 Å². The van der Waals surface area contributed by atoms with E-state index in [0.717, 1.165) is 0 Å². The van der Waals surface area contributed by atoms with Crippen LogP contribution in [0.5, 0.6) is 0 Å². The predicted molar refractivity (Wildman–Crippen MR) is 35.2 cm³/mol. The van der Waals surface area contributed by atoms with Crippen molar-refractivity contribution in [2.75, 3.05) is 0 Å². The molecule has 2 amide bonds. The molecule has 0 heterocycles. The van der Waals surface area contributed by atoms with Gasteiger partial charge in [-0.1, -0.05) is 0 Å². The van der Waals surface area contributed by atoms with Crippen molar-refractivity contribution < 1.29 is 9.53 Å². The molecule has 10 heavy (non-hydrogen) atoms. The SMILES string of the molecule is CC(NC(N)=O)OC(=N)N. The average molecular weight is 146 g/mol. The zero-order valence-corrected chi connectivity index (χ0v) is 5.55. The van der Waals surface area contributed by atoms with Crippen molar-refractivity contribution >= 4 is 12.1 Å². The highest BCUT2D eigenvalue weighted by Gasteiger charge is 2.03. The Bertz CT molecular complexity index is 130. The number of primary amides is 1. The maximum Gasteiger partial charge on any atom is 0.314 e. The van der Waals surface area contributed by atoms with E-state index < -0.39 is 18.3 Å². The first-order valence-corrected chi connectivity index (χ1v) is 2.59. The molecule has 0 fully saturated rings. The Balaban J connectivity index is 3.53. The van der Waals surface area contributed by atoms with Crippen LogP contribution in [0.2, 0.25) is 0 Å². The molecule has 0 rings (SSSR count). The van der Waals surface area contributed by atoms with Gasteiger partial charge in [-0.3, -0.25) is 5.41 Å². The summed E-state index contributed by atoms with van der Waals surface area (Å²) in [6, 6.07) is -1.17. The largest absolute Gasteiger partial charge is 0.442 e. The van der Waals surface area contributed by atoms with E-state index in [1.807, 2.05) is 0 Å². The molecule has 0 aromatic rings. The molecule has 0 aliphatic carbocycles. The lowest BCUT2D eigenvalue weighted by molar-refractivity contribution is 0.167. The Morgan fingerprint density at radius 1 is 1.70 bits per heavy atom. The number of nitrogens with two attached hydrogens (primary N) is 2. The first-order chi connectivity index (χ1) is 4.52. The number of hydrogen-bond donors (Lipinski definition) is 4. The van der Waals surface area contributed by atoms with Gasteiger partial charge in [0.1, 0.15) is 0 Å². The number of amidine groups is 1. The molecule has 0 bridgehead atoms. The summed E-state index contributed by atoms with van der Waals surface area (Å²) >= 11 is 0. The van der Waals surface area contributed by atoms with Gasteiger partial charge in [-0.25, -0.2) is 4.79 Å². The van der Waals surface area contributed by atoms with Gasteiger partial charge in [0.15, 0.2) is 6.23 Å². The molecule has 0 aliphatic heterocycles. The number of hydrogen-bond acceptors (Lipinski definition) is 3. The first kappa shape index (κ1) is 8.54. The topological polar surface area (TPSA) is 114 Å². The molecule has 0 aliphatic rings. The quantitative estimate of drug-likeness (QED) is 0.225. The Morgan fingerprint density at radius 2 is 2.20 bits per heavy atom. The summed E-state index contributed by atoms with van der Waals surface area (Å²) in [5, 5.41) is 8.80. The van der Waals surface area contributed by atoms with Crippen LogP contribution in [0.4, 0.5) is 4.79 Å². The van der Waals surface area contributed by atoms with E-state index in [0.29, 0.717) is 0 Å². The molecule has 0 spiro atoms. The Morgan fingerprint density at radius 3 is 2.50 bits per heavy atom. The maximum absolute atomic E-state index is 10.1. The van der Waals surface area contributed by atoms with Gasteiger partial charge in [-0.15, -0.1) is 0 Å². The molecule has 0 aromatic heterocycles. The van der Waals surface area contributed by atoms with Crippen LogP contribution in [0, 0.1) is 5.41 Å². The zero-order valence-electron chi connectivity index (χ0n) is 5.55. The molecule has 0 aromatic carbocycles. The molecule has 6 heteroatoms. The van der Waals surface area contributed by atoms with Crippen LogP contribution < -0.4 is 16.8 Å². The molecule has 1 atom stereocenters. The lowest BCUT2D eigenvalue weighted by Gasteiger charge is -2.11. The minimum atomic E-state index is -0.714. The van der Waals surface area contributed by atoms with Gasteiger partial charge in [0.2, 0.25) is 0 Å². The zero-order chi connectivity index (χ0) is 8.15. The van der Waals surface area contributed by atoms with Gasteiger partial charge in [0.05, 0.1) is 0 Å². The molecular weight excluding hydrogens is 136 g/mol. The number of carbonyl (C=O) groups is 1. The van der Waals surface area contributed by atoms with Gasteiger partial charge < -0.3 is 21.5 Å². The van der Waals surface area contributed by atoms with E-state index in [4.69, 9.17) is 16.9 Å². The minimum Gasteiger partial charge on any atom is -0.442 e. The van der Waals surface area contributed by atoms with Gasteiger partial charge in [-0.2, -0.15) is 0 Å². The third-order valence-corrected chi connectivity index (χ3v) is 0.649. The van der Waals surface area contributed by atoms with E-state index in [2.05, 4.69) is 10.1 Å². The van der Waals surface area contributed by atoms with Crippen LogP contribution in [-0.4, -0.2) is 18.3 Å². The predicted octanol–water partition coefficient (Wildman–Crippen LogP) is -1.09. The van der Waals surface area contributed by atoms with E-state index >= 15 is 0 Å². The maximum atomic E-state index is 10.1. The number of carbonyl (C=O) groups excluding carboxylic acids is 1. The molecule has 6 nitrogen and oxygen atoms in total. The van der Waals surface area contributed by atoms with Crippen molar-refractivity contribution in [1.29, 1.82) is 5.41 Å². The highest BCUT2D eigenvalue weighted by molar-refractivity contribution is 5.72. The van der Waals surface area contributed by atoms with Crippen molar-refractivity contribution in [3.63, 3.8) is 0 Å². The van der Waals surface area contributed by atoms with Crippen LogP contribution in [0.3, 0.4) is 0 Å². The molecular formula is C4H10N4O2. The van der Waals surface area contributed by atoms with E-state index in [1.54, 1.807) is 0 Å². The number of nitrogens with one attached hydrogen (secondary N) is 2. The average Bonchev–Trinajstić information content (AvgIpc) is 1.58. The number of amides is 2. The Labute approximate surface area is 58.0 Å². The second kappa shape index (κ2) is 3.54. The van der Waals surface area contributed by atoms with Gasteiger partial charge >= 0.3 is 6.03 Å². The van der Waals surface area contributed by atoms with Gasteiger partial charge in [0.25, 0.3) is 6.02 Å². The van der Waals surface area contributed by atoms with Crippen molar-refractivity contribution in [3.8, 4) is 0 Å². The summed E-state index contributed by atoms with van der Waals surface area (Å²) in [6.45, 7) is 1.51. The van der Waals surface area contributed by atoms with Crippen molar-refractivity contribution in [3.05, 3.63) is 0 Å². The molecule has 6 N–H and O–H groups in total. The Hall–Kier alpha value is -1.46. The van der Waals surface area contributed by atoms with Crippen LogP contribution in [0.1, 0.15) is 6.92 Å².